The van der Waals surface area contributed by atoms with Gasteiger partial charge in [-0.25, -0.2) is 4.98 Å². The first-order valence-corrected chi connectivity index (χ1v) is 8.33. The molecule has 0 aliphatic heterocycles. The summed E-state index contributed by atoms with van der Waals surface area (Å²) in [6, 6.07) is 6.02. The first kappa shape index (κ1) is 16.4. The van der Waals surface area contributed by atoms with Crippen LogP contribution in [0.3, 0.4) is 0 Å². The molecule has 0 atom stereocenters. The van der Waals surface area contributed by atoms with Crippen LogP contribution < -0.4 is 10.6 Å². The number of rotatable bonds is 6. The number of pyridine rings is 1. The molecule has 0 unspecified atom stereocenters. The number of guanidine groups is 1. The average Bonchev–Trinajstić information content (AvgIpc) is 2.98. The topological polar surface area (TPSA) is 62.2 Å². The second-order valence-corrected chi connectivity index (χ2v) is 6.15. The van der Waals surface area contributed by atoms with E-state index in [-0.39, 0.29) is 0 Å². The normalized spacial score (nSPS) is 11.5. The highest BCUT2D eigenvalue weighted by atomic mass is 32.1. The molecular weight excluding hydrogens is 294 g/mol. The summed E-state index contributed by atoms with van der Waals surface area (Å²) in [5.74, 6) is 0.788. The molecule has 2 aromatic heterocycles. The van der Waals surface area contributed by atoms with E-state index in [9.17, 15) is 0 Å². The number of nitrogens with one attached hydrogen (secondary N) is 2. The highest BCUT2D eigenvalue weighted by molar-refractivity contribution is 7.11. The van der Waals surface area contributed by atoms with Gasteiger partial charge in [0.05, 0.1) is 17.2 Å². The first-order valence-electron chi connectivity index (χ1n) is 7.52. The molecule has 0 bridgehead atoms. The minimum absolute atomic E-state index is 0.665. The molecule has 0 spiro atoms. The van der Waals surface area contributed by atoms with Gasteiger partial charge in [0.25, 0.3) is 0 Å². The van der Waals surface area contributed by atoms with E-state index in [1.165, 1.54) is 9.88 Å². The van der Waals surface area contributed by atoms with E-state index in [1.54, 1.807) is 18.4 Å². The first-order chi connectivity index (χ1) is 10.7. The Morgan fingerprint density at radius 3 is 2.86 bits per heavy atom. The Morgan fingerprint density at radius 1 is 1.32 bits per heavy atom. The molecule has 0 amide bonds. The number of hydrogen-bond donors (Lipinski definition) is 2. The van der Waals surface area contributed by atoms with Gasteiger partial charge in [-0.15, -0.1) is 11.3 Å². The third-order valence-electron chi connectivity index (χ3n) is 3.19. The van der Waals surface area contributed by atoms with Crippen LogP contribution in [0.1, 0.15) is 28.2 Å². The lowest BCUT2D eigenvalue weighted by Crippen LogP contribution is -2.38. The Hall–Kier alpha value is -1.95. The Bertz CT molecular complexity index is 621. The quantitative estimate of drug-likeness (QED) is 0.634. The van der Waals surface area contributed by atoms with Crippen molar-refractivity contribution in [1.29, 1.82) is 0 Å². The van der Waals surface area contributed by atoms with Gasteiger partial charge in [-0.1, -0.05) is 13.0 Å². The van der Waals surface area contributed by atoms with Crippen LogP contribution in [0.15, 0.2) is 29.4 Å². The fraction of sp³-hybridized carbons (Fsp3) is 0.438. The summed E-state index contributed by atoms with van der Waals surface area (Å²) in [6.07, 6.45) is 3.93. The van der Waals surface area contributed by atoms with Crippen molar-refractivity contribution in [1.82, 2.24) is 20.6 Å². The predicted octanol–water partition coefficient (Wildman–Crippen LogP) is 2.32. The molecule has 2 N–H and O–H groups in total. The fourth-order valence-electron chi connectivity index (χ4n) is 2.01. The SMILES string of the molecule is CCc1cnc(CCNC(=NC)NCc2cccc(C)n2)s1. The summed E-state index contributed by atoms with van der Waals surface area (Å²) >= 11 is 1.78. The van der Waals surface area contributed by atoms with Crippen LogP contribution in [-0.4, -0.2) is 29.5 Å². The lowest BCUT2D eigenvalue weighted by Gasteiger charge is -2.11. The predicted molar refractivity (Wildman–Crippen MR) is 92.4 cm³/mol. The molecule has 6 heteroatoms. The van der Waals surface area contributed by atoms with Crippen molar-refractivity contribution in [2.45, 2.75) is 33.2 Å². The summed E-state index contributed by atoms with van der Waals surface area (Å²) in [4.78, 5) is 14.5. The van der Waals surface area contributed by atoms with E-state index in [2.05, 4.69) is 32.5 Å². The number of hydrogen-bond acceptors (Lipinski definition) is 4. The second kappa shape index (κ2) is 8.48. The number of aliphatic imine (C=N–C) groups is 1. The number of aromatic nitrogens is 2. The molecule has 0 aliphatic carbocycles. The maximum Gasteiger partial charge on any atom is 0.191 e. The highest BCUT2D eigenvalue weighted by Crippen LogP contribution is 2.13. The van der Waals surface area contributed by atoms with Gasteiger partial charge in [-0.05, 0) is 25.5 Å². The molecule has 0 saturated heterocycles. The molecule has 0 radical (unpaired) electrons. The van der Waals surface area contributed by atoms with E-state index in [4.69, 9.17) is 0 Å². The van der Waals surface area contributed by atoms with Crippen molar-refractivity contribution in [3.05, 3.63) is 45.7 Å². The van der Waals surface area contributed by atoms with Crippen LogP contribution in [0, 0.1) is 6.92 Å². The smallest absolute Gasteiger partial charge is 0.191 e. The van der Waals surface area contributed by atoms with E-state index in [1.807, 2.05) is 31.3 Å². The van der Waals surface area contributed by atoms with Crippen LogP contribution in [0.5, 0.6) is 0 Å². The molecule has 0 aliphatic rings. The van der Waals surface area contributed by atoms with E-state index < -0.39 is 0 Å². The molecule has 0 aromatic carbocycles. The van der Waals surface area contributed by atoms with Gasteiger partial charge in [0.1, 0.15) is 0 Å². The van der Waals surface area contributed by atoms with Crippen LogP contribution in [-0.2, 0) is 19.4 Å². The Labute approximate surface area is 135 Å². The van der Waals surface area contributed by atoms with Crippen LogP contribution in [0.25, 0.3) is 0 Å². The minimum atomic E-state index is 0.665. The molecule has 2 heterocycles. The molecule has 0 saturated carbocycles. The molecule has 22 heavy (non-hydrogen) atoms. The summed E-state index contributed by atoms with van der Waals surface area (Å²) in [6.45, 7) is 5.63. The van der Waals surface area contributed by atoms with E-state index in [0.29, 0.717) is 6.54 Å². The summed E-state index contributed by atoms with van der Waals surface area (Å²) in [5.41, 5.74) is 2.04. The van der Waals surface area contributed by atoms with Gasteiger partial charge in [-0.3, -0.25) is 9.98 Å². The Balaban J connectivity index is 1.75. The fourth-order valence-corrected chi connectivity index (χ4v) is 2.87. The van der Waals surface area contributed by atoms with Crippen LogP contribution in [0.2, 0.25) is 0 Å². The van der Waals surface area contributed by atoms with E-state index >= 15 is 0 Å². The Kier molecular flexibility index (Phi) is 6.33. The second-order valence-electron chi connectivity index (χ2n) is 4.95. The third kappa shape index (κ3) is 5.11. The summed E-state index contributed by atoms with van der Waals surface area (Å²) < 4.78 is 0. The molecular formula is C16H23N5S. The van der Waals surface area contributed by atoms with Gasteiger partial charge in [-0.2, -0.15) is 0 Å². The Morgan fingerprint density at radius 2 is 2.18 bits per heavy atom. The van der Waals surface area contributed by atoms with E-state index in [0.717, 1.165) is 36.7 Å². The standard InChI is InChI=1S/C16H23N5S/c1-4-14-11-19-15(22-14)8-9-18-16(17-3)20-10-13-7-5-6-12(2)21-13/h5-7,11H,4,8-10H2,1-3H3,(H2,17,18,20). The third-order valence-corrected chi connectivity index (χ3v) is 4.39. The van der Waals surface area contributed by atoms with Gasteiger partial charge >= 0.3 is 0 Å². The zero-order valence-corrected chi connectivity index (χ0v) is 14.2. The summed E-state index contributed by atoms with van der Waals surface area (Å²) in [5, 5.41) is 7.75. The molecule has 0 fully saturated rings. The maximum atomic E-state index is 4.47. The number of nitrogens with zero attached hydrogens (tertiary/aromatic N) is 3. The monoisotopic (exact) mass is 317 g/mol. The molecule has 5 nitrogen and oxygen atoms in total. The number of thiazole rings is 1. The maximum absolute atomic E-state index is 4.47. The minimum Gasteiger partial charge on any atom is -0.356 e. The highest BCUT2D eigenvalue weighted by Gasteiger charge is 2.02. The van der Waals surface area contributed by atoms with Gasteiger partial charge in [0, 0.05) is 36.8 Å². The van der Waals surface area contributed by atoms with Crippen molar-refractivity contribution < 1.29 is 0 Å². The molecule has 2 rings (SSSR count). The summed E-state index contributed by atoms with van der Waals surface area (Å²) in [7, 11) is 1.78. The van der Waals surface area contributed by atoms with Crippen LogP contribution >= 0.6 is 11.3 Å². The average molecular weight is 317 g/mol. The number of aryl methyl sites for hydroxylation is 2. The van der Waals surface area contributed by atoms with Gasteiger partial charge in [0.15, 0.2) is 5.96 Å². The van der Waals surface area contributed by atoms with Crippen molar-refractivity contribution in [3.63, 3.8) is 0 Å². The van der Waals surface area contributed by atoms with Gasteiger partial charge in [0.2, 0.25) is 0 Å². The van der Waals surface area contributed by atoms with Crippen LogP contribution in [0.4, 0.5) is 0 Å². The van der Waals surface area contributed by atoms with Crippen molar-refractivity contribution >= 4 is 17.3 Å². The zero-order valence-electron chi connectivity index (χ0n) is 13.4. The van der Waals surface area contributed by atoms with Crippen molar-refractivity contribution in [2.24, 2.45) is 4.99 Å². The van der Waals surface area contributed by atoms with Crippen molar-refractivity contribution in [2.75, 3.05) is 13.6 Å². The lowest BCUT2D eigenvalue weighted by molar-refractivity contribution is 0.779. The molecule has 118 valence electrons. The van der Waals surface area contributed by atoms with Crippen molar-refractivity contribution in [3.8, 4) is 0 Å². The zero-order chi connectivity index (χ0) is 15.8. The molecule has 2 aromatic rings. The van der Waals surface area contributed by atoms with Gasteiger partial charge < -0.3 is 10.6 Å². The lowest BCUT2D eigenvalue weighted by atomic mass is 10.3. The largest absolute Gasteiger partial charge is 0.356 e.